The minimum absolute atomic E-state index is 1.05. The third kappa shape index (κ3) is 1.12. The highest BCUT2D eigenvalue weighted by Crippen LogP contribution is 2.30. The maximum atomic E-state index is 4.64. The van der Waals surface area contributed by atoms with Crippen molar-refractivity contribution in [1.82, 2.24) is 9.97 Å². The average molecular weight is 217 g/mol. The Morgan fingerprint density at radius 1 is 0.882 bits per heavy atom. The Hall–Kier alpha value is -2.35. The first-order chi connectivity index (χ1) is 8.43. The van der Waals surface area contributed by atoms with Crippen LogP contribution in [0.25, 0.3) is 32.7 Å². The van der Waals surface area contributed by atoms with Gasteiger partial charge in [0, 0.05) is 21.7 Å². The van der Waals surface area contributed by atoms with E-state index in [0.29, 0.717) is 0 Å². The lowest BCUT2D eigenvalue weighted by Crippen LogP contribution is -1.78. The van der Waals surface area contributed by atoms with Gasteiger partial charge in [0.25, 0.3) is 0 Å². The number of fused-ring (bicyclic) bond motifs is 5. The topological polar surface area (TPSA) is 28.7 Å². The van der Waals surface area contributed by atoms with Crippen LogP contribution >= 0.6 is 0 Å². The standard InChI is InChI=1S/C15H9N2/c1-2-6-13-11(4-1)15-10-5-3-9-16-12(10)7-8-14(15)17-13/h1-8,16H. The number of hydrogen-bond donors (Lipinski definition) is 1. The van der Waals surface area contributed by atoms with Gasteiger partial charge in [-0.2, -0.15) is 0 Å². The van der Waals surface area contributed by atoms with Crippen molar-refractivity contribution in [3.8, 4) is 0 Å². The predicted octanol–water partition coefficient (Wildman–Crippen LogP) is 3.67. The van der Waals surface area contributed by atoms with Crippen LogP contribution < -0.4 is 0 Å². The Balaban J connectivity index is 2.38. The Kier molecular flexibility index (Phi) is 1.59. The molecule has 0 aliphatic rings. The zero-order chi connectivity index (χ0) is 11.2. The molecule has 0 atom stereocenters. The summed E-state index contributed by atoms with van der Waals surface area (Å²) < 4.78 is 0. The van der Waals surface area contributed by atoms with Crippen molar-refractivity contribution in [2.75, 3.05) is 0 Å². The van der Waals surface area contributed by atoms with E-state index in [0.717, 1.165) is 16.6 Å². The summed E-state index contributed by atoms with van der Waals surface area (Å²) in [5, 5.41) is 3.64. The first-order valence-corrected chi connectivity index (χ1v) is 5.60. The molecule has 0 bridgehead atoms. The molecule has 2 heteroatoms. The molecule has 0 aliphatic heterocycles. The van der Waals surface area contributed by atoms with Crippen LogP contribution in [0.1, 0.15) is 0 Å². The van der Waals surface area contributed by atoms with Gasteiger partial charge in [-0.3, -0.25) is 0 Å². The zero-order valence-corrected chi connectivity index (χ0v) is 9.07. The molecular weight excluding hydrogens is 208 g/mol. The van der Waals surface area contributed by atoms with E-state index in [1.54, 1.807) is 0 Å². The minimum atomic E-state index is 1.05. The number of hydrogen-bond acceptors (Lipinski definition) is 1. The van der Waals surface area contributed by atoms with Crippen molar-refractivity contribution < 1.29 is 0 Å². The molecule has 79 valence electrons. The van der Waals surface area contributed by atoms with E-state index in [2.05, 4.69) is 52.6 Å². The molecule has 4 rings (SSSR count). The van der Waals surface area contributed by atoms with Gasteiger partial charge in [-0.15, -0.1) is 0 Å². The molecule has 0 spiro atoms. The summed E-state index contributed by atoms with van der Waals surface area (Å²) in [6.07, 6.45) is 2.99. The molecule has 0 unspecified atom stereocenters. The average Bonchev–Trinajstić information content (AvgIpc) is 2.77. The second-order valence-corrected chi connectivity index (χ2v) is 4.15. The molecule has 0 amide bonds. The fourth-order valence-electron chi connectivity index (χ4n) is 2.42. The van der Waals surface area contributed by atoms with E-state index >= 15 is 0 Å². The first-order valence-electron chi connectivity index (χ1n) is 5.60. The van der Waals surface area contributed by atoms with Gasteiger partial charge in [0.2, 0.25) is 0 Å². The van der Waals surface area contributed by atoms with E-state index in [4.69, 9.17) is 0 Å². The van der Waals surface area contributed by atoms with Crippen molar-refractivity contribution in [2.45, 2.75) is 0 Å². The molecule has 0 aliphatic carbocycles. The summed E-state index contributed by atoms with van der Waals surface area (Å²) >= 11 is 0. The van der Waals surface area contributed by atoms with Crippen LogP contribution in [-0.2, 0) is 0 Å². The summed E-state index contributed by atoms with van der Waals surface area (Å²) in [4.78, 5) is 7.79. The number of nitrogens with zero attached hydrogens (tertiary/aromatic N) is 1. The van der Waals surface area contributed by atoms with Gasteiger partial charge in [-0.25, -0.2) is 4.98 Å². The fourth-order valence-corrected chi connectivity index (χ4v) is 2.42. The summed E-state index contributed by atoms with van der Waals surface area (Å²) in [5.41, 5.74) is 3.21. The summed E-state index contributed by atoms with van der Waals surface area (Å²) in [7, 11) is 0. The molecule has 2 nitrogen and oxygen atoms in total. The summed E-state index contributed by atoms with van der Waals surface area (Å²) in [6.45, 7) is 0. The van der Waals surface area contributed by atoms with Crippen molar-refractivity contribution >= 4 is 32.7 Å². The van der Waals surface area contributed by atoms with Crippen molar-refractivity contribution in [2.24, 2.45) is 0 Å². The number of para-hydroxylation sites is 1. The number of benzene rings is 2. The van der Waals surface area contributed by atoms with Crippen LogP contribution in [0.15, 0.2) is 48.5 Å². The first kappa shape index (κ1) is 8.76. The van der Waals surface area contributed by atoms with E-state index in [1.807, 2.05) is 12.1 Å². The molecule has 2 aromatic heterocycles. The number of rotatable bonds is 0. The molecule has 0 fully saturated rings. The summed E-state index contributed by atoms with van der Waals surface area (Å²) in [5.74, 6) is 0. The van der Waals surface area contributed by atoms with E-state index in [-0.39, 0.29) is 0 Å². The van der Waals surface area contributed by atoms with Crippen LogP contribution in [0.3, 0.4) is 0 Å². The maximum absolute atomic E-state index is 4.64. The monoisotopic (exact) mass is 217 g/mol. The van der Waals surface area contributed by atoms with Crippen LogP contribution in [0, 0.1) is 6.20 Å². The van der Waals surface area contributed by atoms with Crippen LogP contribution in [0.2, 0.25) is 0 Å². The van der Waals surface area contributed by atoms with E-state index in [1.165, 1.54) is 16.2 Å². The molecule has 4 aromatic rings. The second kappa shape index (κ2) is 3.08. The Labute approximate surface area is 97.9 Å². The molecule has 1 radical (unpaired) electrons. The molecule has 17 heavy (non-hydrogen) atoms. The van der Waals surface area contributed by atoms with Gasteiger partial charge < -0.3 is 4.98 Å². The molecule has 1 N–H and O–H groups in total. The van der Waals surface area contributed by atoms with Gasteiger partial charge >= 0.3 is 0 Å². The number of H-pyrrole nitrogens is 1. The smallest absolute Gasteiger partial charge is 0.0723 e. The predicted molar refractivity (Wildman–Crippen MR) is 69.9 cm³/mol. The van der Waals surface area contributed by atoms with Crippen LogP contribution in [0.4, 0.5) is 0 Å². The van der Waals surface area contributed by atoms with Gasteiger partial charge in [-0.05, 0) is 24.3 Å². The lowest BCUT2D eigenvalue weighted by Gasteiger charge is -1.99. The van der Waals surface area contributed by atoms with Gasteiger partial charge in [-0.1, -0.05) is 24.3 Å². The highest BCUT2D eigenvalue weighted by Gasteiger charge is 2.07. The number of pyridine rings is 1. The van der Waals surface area contributed by atoms with Gasteiger partial charge in [0.1, 0.15) is 0 Å². The molecular formula is C15H9N2. The minimum Gasteiger partial charge on any atom is -0.353 e. The lowest BCUT2D eigenvalue weighted by molar-refractivity contribution is 1.40. The lowest BCUT2D eigenvalue weighted by atomic mass is 10.1. The number of aromatic amines is 1. The fraction of sp³-hybridized carbons (Fsp3) is 0. The Bertz CT molecular complexity index is 837. The van der Waals surface area contributed by atoms with Gasteiger partial charge in [0.15, 0.2) is 0 Å². The third-order valence-corrected chi connectivity index (χ3v) is 3.18. The quantitative estimate of drug-likeness (QED) is 0.478. The highest BCUT2D eigenvalue weighted by molar-refractivity contribution is 6.19. The van der Waals surface area contributed by atoms with Crippen molar-refractivity contribution in [1.29, 1.82) is 0 Å². The zero-order valence-electron chi connectivity index (χ0n) is 9.07. The largest absolute Gasteiger partial charge is 0.353 e. The van der Waals surface area contributed by atoms with Crippen LogP contribution in [0.5, 0.6) is 0 Å². The van der Waals surface area contributed by atoms with Crippen LogP contribution in [-0.4, -0.2) is 9.97 Å². The molecule has 2 heterocycles. The molecule has 0 saturated carbocycles. The third-order valence-electron chi connectivity index (χ3n) is 3.18. The second-order valence-electron chi connectivity index (χ2n) is 4.15. The maximum Gasteiger partial charge on any atom is 0.0723 e. The Morgan fingerprint density at radius 2 is 1.82 bits per heavy atom. The molecule has 0 saturated heterocycles. The van der Waals surface area contributed by atoms with Gasteiger partial charge in [0.05, 0.1) is 17.2 Å². The number of nitrogens with one attached hydrogen (secondary N) is 1. The summed E-state index contributed by atoms with van der Waals surface area (Å²) in [6, 6.07) is 16.4. The highest BCUT2D eigenvalue weighted by atomic mass is 14.7. The Morgan fingerprint density at radius 3 is 2.82 bits per heavy atom. The normalized spacial score (nSPS) is 11.5. The van der Waals surface area contributed by atoms with E-state index in [9.17, 15) is 0 Å². The molecule has 2 aromatic carbocycles. The van der Waals surface area contributed by atoms with Crippen molar-refractivity contribution in [3.63, 3.8) is 0 Å². The van der Waals surface area contributed by atoms with Crippen molar-refractivity contribution in [3.05, 3.63) is 54.7 Å². The SMILES string of the molecule is [c]1ccc2c(ccc3nc4ccccc4c32)[nH]1. The number of aromatic nitrogens is 2. The van der Waals surface area contributed by atoms with E-state index < -0.39 is 0 Å².